The molecule has 36 heavy (non-hydrogen) atoms. The lowest BCUT2D eigenvalue weighted by Gasteiger charge is -2.33. The van der Waals surface area contributed by atoms with Crippen LogP contribution in [-0.2, 0) is 6.54 Å². The van der Waals surface area contributed by atoms with Crippen LogP contribution in [0.1, 0.15) is 54.7 Å². The predicted octanol–water partition coefficient (Wildman–Crippen LogP) is 7.77. The van der Waals surface area contributed by atoms with Crippen molar-refractivity contribution in [3.05, 3.63) is 101 Å². The second-order valence-corrected chi connectivity index (χ2v) is 9.70. The van der Waals surface area contributed by atoms with Gasteiger partial charge in [0.25, 0.3) is 5.91 Å². The van der Waals surface area contributed by atoms with Gasteiger partial charge in [0.05, 0.1) is 11.7 Å². The summed E-state index contributed by atoms with van der Waals surface area (Å²) in [5, 5.41) is 5.55. The highest BCUT2D eigenvalue weighted by molar-refractivity contribution is 6.30. The molecular formula is C30H30ClN3O2. The molecule has 0 fully saturated rings. The van der Waals surface area contributed by atoms with Crippen LogP contribution >= 0.6 is 11.6 Å². The summed E-state index contributed by atoms with van der Waals surface area (Å²) in [6.07, 6.45) is 4.45. The van der Waals surface area contributed by atoms with E-state index in [0.717, 1.165) is 47.6 Å². The highest BCUT2D eigenvalue weighted by Gasteiger charge is 2.32. The van der Waals surface area contributed by atoms with Gasteiger partial charge in [-0.2, -0.15) is 5.10 Å². The zero-order valence-electron chi connectivity index (χ0n) is 20.4. The smallest absolute Gasteiger partial charge is 0.272 e. The summed E-state index contributed by atoms with van der Waals surface area (Å²) in [4.78, 5) is 15.5. The molecule has 1 aliphatic heterocycles. The molecule has 0 spiro atoms. The molecule has 184 valence electrons. The molecule has 0 N–H and O–H groups in total. The summed E-state index contributed by atoms with van der Waals surface area (Å²) in [5.74, 6) is 1.59. The Morgan fingerprint density at radius 1 is 0.944 bits per heavy atom. The maximum Gasteiger partial charge on any atom is 0.272 e. The summed E-state index contributed by atoms with van der Waals surface area (Å²) in [7, 11) is 0. The first kappa shape index (κ1) is 24.1. The van der Waals surface area contributed by atoms with Crippen molar-refractivity contribution in [3.8, 4) is 22.8 Å². The number of carbonyl (C=O) groups excluding carboxylic acids is 1. The number of unbranched alkanes of at least 4 members (excludes halogenated alkanes) is 2. The van der Waals surface area contributed by atoms with Gasteiger partial charge in [-0.1, -0.05) is 80.3 Å². The molecular weight excluding hydrogens is 470 g/mol. The van der Waals surface area contributed by atoms with E-state index in [0.29, 0.717) is 23.8 Å². The lowest BCUT2D eigenvalue weighted by molar-refractivity contribution is 0.0634. The third kappa shape index (κ3) is 5.47. The van der Waals surface area contributed by atoms with Gasteiger partial charge < -0.3 is 9.64 Å². The molecule has 1 amide bonds. The van der Waals surface area contributed by atoms with E-state index in [1.54, 1.807) is 0 Å². The van der Waals surface area contributed by atoms with Crippen LogP contribution in [0.3, 0.4) is 0 Å². The molecule has 2 heterocycles. The molecule has 1 atom stereocenters. The Morgan fingerprint density at radius 3 is 2.39 bits per heavy atom. The first-order valence-corrected chi connectivity index (χ1v) is 12.9. The molecule has 4 aromatic rings. The van der Waals surface area contributed by atoms with Crippen LogP contribution in [0, 0.1) is 0 Å². The van der Waals surface area contributed by atoms with Crippen LogP contribution in [0.15, 0.2) is 84.9 Å². The molecule has 5 nitrogen and oxygen atoms in total. The van der Waals surface area contributed by atoms with Crippen LogP contribution in [0.2, 0.25) is 5.02 Å². The molecule has 0 aliphatic carbocycles. The van der Waals surface area contributed by atoms with Gasteiger partial charge in [0, 0.05) is 23.7 Å². The van der Waals surface area contributed by atoms with Gasteiger partial charge in [-0.05, 0) is 54.4 Å². The van der Waals surface area contributed by atoms with Crippen molar-refractivity contribution in [1.82, 2.24) is 14.7 Å². The lowest BCUT2D eigenvalue weighted by atomic mass is 10.0. The van der Waals surface area contributed by atoms with Gasteiger partial charge in [-0.3, -0.25) is 9.48 Å². The predicted molar refractivity (Wildman–Crippen MR) is 144 cm³/mol. The Morgan fingerprint density at radius 2 is 1.67 bits per heavy atom. The second kappa shape index (κ2) is 11.0. The van der Waals surface area contributed by atoms with E-state index >= 15 is 0 Å². The number of aromatic nitrogens is 2. The third-order valence-corrected chi connectivity index (χ3v) is 6.83. The summed E-state index contributed by atoms with van der Waals surface area (Å²) >= 11 is 6.07. The average molecular weight is 500 g/mol. The number of fused-ring (bicyclic) bond motifs is 1. The van der Waals surface area contributed by atoms with Crippen molar-refractivity contribution in [2.75, 3.05) is 6.54 Å². The molecule has 1 aromatic heterocycles. The molecule has 0 saturated carbocycles. The maximum atomic E-state index is 13.5. The van der Waals surface area contributed by atoms with Gasteiger partial charge in [0.2, 0.25) is 0 Å². The van der Waals surface area contributed by atoms with Crippen LogP contribution in [0.5, 0.6) is 11.5 Å². The van der Waals surface area contributed by atoms with E-state index in [1.807, 2.05) is 94.5 Å². The third-order valence-electron chi connectivity index (χ3n) is 6.58. The van der Waals surface area contributed by atoms with Gasteiger partial charge in [0.1, 0.15) is 17.2 Å². The molecule has 6 heteroatoms. The number of carbonyl (C=O) groups is 1. The zero-order chi connectivity index (χ0) is 24.9. The highest BCUT2D eigenvalue weighted by atomic mass is 35.5. The lowest BCUT2D eigenvalue weighted by Crippen LogP contribution is -2.42. The van der Waals surface area contributed by atoms with Crippen LogP contribution < -0.4 is 4.74 Å². The number of nitrogens with zero attached hydrogens (tertiary/aromatic N) is 3. The Hall–Kier alpha value is -3.57. The fraction of sp³-hybridized carbons (Fsp3) is 0.267. The van der Waals surface area contributed by atoms with E-state index in [1.165, 1.54) is 6.42 Å². The number of rotatable bonds is 9. The van der Waals surface area contributed by atoms with Crippen molar-refractivity contribution in [2.45, 2.75) is 45.2 Å². The second-order valence-electron chi connectivity index (χ2n) is 9.26. The minimum Gasteiger partial charge on any atom is -0.457 e. The van der Waals surface area contributed by atoms with Crippen molar-refractivity contribution in [3.63, 3.8) is 0 Å². The van der Waals surface area contributed by atoms with E-state index in [4.69, 9.17) is 21.4 Å². The average Bonchev–Trinajstić information content (AvgIpc) is 3.35. The fourth-order valence-corrected chi connectivity index (χ4v) is 4.78. The minimum atomic E-state index is 0.0130. The van der Waals surface area contributed by atoms with Crippen LogP contribution in [0.25, 0.3) is 11.3 Å². The fourth-order valence-electron chi connectivity index (χ4n) is 4.66. The summed E-state index contributed by atoms with van der Waals surface area (Å²) in [5.41, 5.74) is 3.49. The molecule has 0 radical (unpaired) electrons. The summed E-state index contributed by atoms with van der Waals surface area (Å²) in [6, 6.07) is 27.4. The highest BCUT2D eigenvalue weighted by Crippen LogP contribution is 2.31. The summed E-state index contributed by atoms with van der Waals surface area (Å²) in [6.45, 7) is 3.41. The molecule has 0 saturated heterocycles. The number of halogens is 1. The van der Waals surface area contributed by atoms with Gasteiger partial charge in [0.15, 0.2) is 0 Å². The number of hydrogen-bond donors (Lipinski definition) is 0. The number of ether oxygens (including phenoxy) is 1. The van der Waals surface area contributed by atoms with E-state index < -0.39 is 0 Å². The van der Waals surface area contributed by atoms with Crippen molar-refractivity contribution < 1.29 is 9.53 Å². The van der Waals surface area contributed by atoms with Crippen molar-refractivity contribution in [1.29, 1.82) is 0 Å². The topological polar surface area (TPSA) is 47.4 Å². The molecule has 0 bridgehead atoms. The van der Waals surface area contributed by atoms with Crippen molar-refractivity contribution >= 4 is 17.5 Å². The summed E-state index contributed by atoms with van der Waals surface area (Å²) < 4.78 is 7.87. The van der Waals surface area contributed by atoms with Gasteiger partial charge in [-0.15, -0.1) is 0 Å². The Balaban J connectivity index is 1.35. The minimum absolute atomic E-state index is 0.0130. The number of amides is 1. The van der Waals surface area contributed by atoms with E-state index in [2.05, 4.69) is 6.92 Å². The quantitative estimate of drug-likeness (QED) is 0.221. The Kier molecular flexibility index (Phi) is 7.38. The first-order chi connectivity index (χ1) is 17.6. The molecule has 1 unspecified atom stereocenters. The van der Waals surface area contributed by atoms with Gasteiger partial charge >= 0.3 is 0 Å². The van der Waals surface area contributed by atoms with E-state index in [-0.39, 0.29) is 11.9 Å². The molecule has 3 aromatic carbocycles. The zero-order valence-corrected chi connectivity index (χ0v) is 21.2. The Bertz CT molecular complexity index is 1300. The van der Waals surface area contributed by atoms with Crippen LogP contribution in [0.4, 0.5) is 0 Å². The monoisotopic (exact) mass is 499 g/mol. The first-order valence-electron chi connectivity index (χ1n) is 12.6. The number of para-hydroxylation sites is 1. The normalized spacial score (nSPS) is 15.1. The van der Waals surface area contributed by atoms with Crippen molar-refractivity contribution in [2.24, 2.45) is 0 Å². The molecule has 1 aliphatic rings. The SMILES string of the molecule is CCCCCC1CN(Cc2ccc(Oc3ccccc3)cc2)C(=O)c2cc(-c3ccc(Cl)cc3)nn21. The standard InChI is InChI=1S/C30H30ClN3O2/c1-2-3-5-8-25-21-33(20-22-11-17-27(18-12-22)36-26-9-6-4-7-10-26)30(35)29-19-28(32-34(25)29)23-13-15-24(31)16-14-23/h4,6-7,9-19,25H,2-3,5,8,20-21H2,1H3. The van der Waals surface area contributed by atoms with Crippen LogP contribution in [-0.4, -0.2) is 27.1 Å². The van der Waals surface area contributed by atoms with E-state index in [9.17, 15) is 4.79 Å². The molecule has 5 rings (SSSR count). The number of hydrogen-bond acceptors (Lipinski definition) is 3. The van der Waals surface area contributed by atoms with Gasteiger partial charge in [-0.25, -0.2) is 0 Å². The number of benzene rings is 3. The largest absolute Gasteiger partial charge is 0.457 e. The maximum absolute atomic E-state index is 13.5. The Labute approximate surface area is 217 Å².